The van der Waals surface area contributed by atoms with Crippen LogP contribution < -0.4 is 4.72 Å². The number of thioether (sulfide) groups is 1. The van der Waals surface area contributed by atoms with Crippen LogP contribution in [0.4, 0.5) is 5.69 Å². The van der Waals surface area contributed by atoms with Gasteiger partial charge >= 0.3 is 0 Å². The topological polar surface area (TPSA) is 49.4 Å². The molecule has 1 fully saturated rings. The van der Waals surface area contributed by atoms with E-state index < -0.39 is 10.0 Å². The minimum Gasteiger partial charge on any atom is -0.292 e. The van der Waals surface area contributed by atoms with Crippen LogP contribution in [-0.2, 0) is 10.0 Å². The third kappa shape index (κ3) is 6.94. The van der Waals surface area contributed by atoms with E-state index in [9.17, 15) is 8.42 Å². The summed E-state index contributed by atoms with van der Waals surface area (Å²) < 4.78 is 24.9. The van der Waals surface area contributed by atoms with Crippen molar-refractivity contribution in [2.75, 3.05) is 30.6 Å². The van der Waals surface area contributed by atoms with Gasteiger partial charge in [0.15, 0.2) is 0 Å². The molecule has 142 valence electrons. The van der Waals surface area contributed by atoms with Gasteiger partial charge in [0.25, 0.3) is 0 Å². The van der Waals surface area contributed by atoms with Crippen molar-refractivity contribution in [2.24, 2.45) is 0 Å². The summed E-state index contributed by atoms with van der Waals surface area (Å²) in [6.07, 6.45) is 3.52. The molecule has 1 aliphatic rings. The number of nitrogens with one attached hydrogen (secondary N) is 1. The highest BCUT2D eigenvalue weighted by Gasteiger charge is 2.19. The minimum atomic E-state index is -3.24. The Morgan fingerprint density at radius 2 is 1.74 bits per heavy atom. The summed E-state index contributed by atoms with van der Waals surface area (Å²) in [6.45, 7) is 2.93. The van der Waals surface area contributed by atoms with Crippen molar-refractivity contribution >= 4 is 27.5 Å². The van der Waals surface area contributed by atoms with Gasteiger partial charge in [-0.1, -0.05) is 30.0 Å². The van der Waals surface area contributed by atoms with Crippen LogP contribution in [0, 0.1) is 11.8 Å². The first-order valence-corrected chi connectivity index (χ1v) is 11.8. The number of hydrogen-bond acceptors (Lipinski definition) is 4. The van der Waals surface area contributed by atoms with Crippen LogP contribution in [0.1, 0.15) is 18.4 Å². The maximum Gasteiger partial charge on any atom is 0.229 e. The van der Waals surface area contributed by atoms with Gasteiger partial charge in [-0.05, 0) is 49.2 Å². The van der Waals surface area contributed by atoms with E-state index in [1.807, 2.05) is 23.9 Å². The van der Waals surface area contributed by atoms with Gasteiger partial charge in [-0.2, -0.15) is 0 Å². The zero-order valence-corrected chi connectivity index (χ0v) is 17.0. The van der Waals surface area contributed by atoms with Crippen LogP contribution in [0.2, 0.25) is 0 Å². The van der Waals surface area contributed by atoms with Crippen LogP contribution in [0.25, 0.3) is 0 Å². The molecule has 2 aromatic carbocycles. The standard InChI is InChI=1S/C21H24N2O2S2/c1-27(24,25)22-19-11-9-18(10-12-19)6-5-15-23-16-13-21(14-17-23)26-20-7-3-2-4-8-20/h2-4,7-12,21-22H,13-17H2,1H3. The molecule has 4 nitrogen and oxygen atoms in total. The summed E-state index contributed by atoms with van der Waals surface area (Å²) in [5.41, 5.74) is 1.45. The van der Waals surface area contributed by atoms with Crippen molar-refractivity contribution < 1.29 is 8.42 Å². The van der Waals surface area contributed by atoms with Crippen molar-refractivity contribution in [3.63, 3.8) is 0 Å². The first-order valence-electron chi connectivity index (χ1n) is 8.99. The molecule has 1 saturated heterocycles. The third-order valence-electron chi connectivity index (χ3n) is 4.30. The molecule has 0 bridgehead atoms. The smallest absolute Gasteiger partial charge is 0.229 e. The Hall–Kier alpha value is -1.94. The lowest BCUT2D eigenvalue weighted by Crippen LogP contribution is -2.35. The van der Waals surface area contributed by atoms with Crippen LogP contribution in [0.5, 0.6) is 0 Å². The molecule has 0 unspecified atom stereocenters. The van der Waals surface area contributed by atoms with Gasteiger partial charge in [0.05, 0.1) is 12.8 Å². The van der Waals surface area contributed by atoms with Crippen LogP contribution in [0.15, 0.2) is 59.5 Å². The maximum atomic E-state index is 11.2. The summed E-state index contributed by atoms with van der Waals surface area (Å²) in [4.78, 5) is 3.75. The minimum absolute atomic E-state index is 0.557. The number of rotatable bonds is 5. The van der Waals surface area contributed by atoms with Gasteiger partial charge in [0.1, 0.15) is 0 Å². The van der Waals surface area contributed by atoms with E-state index in [-0.39, 0.29) is 0 Å². The number of nitrogens with zero attached hydrogens (tertiary/aromatic N) is 1. The summed E-state index contributed by atoms with van der Waals surface area (Å²) in [5, 5.41) is 0.687. The SMILES string of the molecule is CS(=O)(=O)Nc1ccc(C#CCN2CCC(Sc3ccccc3)CC2)cc1. The zero-order valence-electron chi connectivity index (χ0n) is 15.4. The molecule has 1 heterocycles. The molecule has 0 aliphatic carbocycles. The molecule has 0 spiro atoms. The molecule has 3 rings (SSSR count). The number of anilines is 1. The second kappa shape index (κ2) is 9.32. The van der Waals surface area contributed by atoms with Gasteiger partial charge in [0, 0.05) is 34.5 Å². The second-order valence-corrected chi connectivity index (χ2v) is 9.78. The number of hydrogen-bond donors (Lipinski definition) is 1. The first-order chi connectivity index (χ1) is 13.0. The van der Waals surface area contributed by atoms with Gasteiger partial charge in [-0.25, -0.2) is 8.42 Å². The molecule has 2 aromatic rings. The van der Waals surface area contributed by atoms with Gasteiger partial charge in [-0.15, -0.1) is 11.8 Å². The lowest BCUT2D eigenvalue weighted by molar-refractivity contribution is 0.259. The fraction of sp³-hybridized carbons (Fsp3) is 0.333. The molecule has 1 aliphatic heterocycles. The number of piperidine rings is 1. The van der Waals surface area contributed by atoms with E-state index in [0.29, 0.717) is 10.9 Å². The molecule has 0 atom stereocenters. The van der Waals surface area contributed by atoms with E-state index in [0.717, 1.165) is 31.5 Å². The van der Waals surface area contributed by atoms with Crippen LogP contribution in [0.3, 0.4) is 0 Å². The van der Waals surface area contributed by atoms with E-state index in [1.54, 1.807) is 12.1 Å². The largest absolute Gasteiger partial charge is 0.292 e. The Morgan fingerprint density at radius 1 is 1.07 bits per heavy atom. The lowest BCUT2D eigenvalue weighted by Gasteiger charge is -2.30. The Kier molecular flexibility index (Phi) is 6.84. The van der Waals surface area contributed by atoms with Crippen LogP contribution >= 0.6 is 11.8 Å². The summed E-state index contributed by atoms with van der Waals surface area (Å²) in [7, 11) is -3.24. The summed E-state index contributed by atoms with van der Waals surface area (Å²) in [6, 6.07) is 17.7. The molecule has 1 N–H and O–H groups in total. The van der Waals surface area contributed by atoms with Crippen molar-refractivity contribution in [3.05, 3.63) is 60.2 Å². The first kappa shape index (κ1) is 19.8. The Balaban J connectivity index is 1.44. The zero-order chi connectivity index (χ0) is 19.1. The maximum absolute atomic E-state index is 11.2. The molecule has 27 heavy (non-hydrogen) atoms. The molecule has 0 radical (unpaired) electrons. The molecule has 6 heteroatoms. The summed E-state index contributed by atoms with van der Waals surface area (Å²) in [5.74, 6) is 6.39. The van der Waals surface area contributed by atoms with Crippen molar-refractivity contribution in [1.82, 2.24) is 4.90 Å². The molecule has 0 saturated carbocycles. The van der Waals surface area contributed by atoms with E-state index in [2.05, 4.69) is 51.8 Å². The monoisotopic (exact) mass is 400 g/mol. The fourth-order valence-corrected chi connectivity index (χ4v) is 4.68. The predicted octanol–water partition coefficient (Wildman–Crippen LogP) is 3.67. The Bertz CT molecular complexity index is 893. The molecular formula is C21H24N2O2S2. The highest BCUT2D eigenvalue weighted by Crippen LogP contribution is 2.29. The number of benzene rings is 2. The highest BCUT2D eigenvalue weighted by atomic mass is 32.2. The van der Waals surface area contributed by atoms with Crippen molar-refractivity contribution in [3.8, 4) is 11.8 Å². The lowest BCUT2D eigenvalue weighted by atomic mass is 10.1. The van der Waals surface area contributed by atoms with Gasteiger partial charge < -0.3 is 0 Å². The fourth-order valence-electron chi connectivity index (χ4n) is 2.97. The third-order valence-corrected chi connectivity index (χ3v) is 6.26. The average molecular weight is 401 g/mol. The normalized spacial score (nSPS) is 15.7. The van der Waals surface area contributed by atoms with E-state index in [1.165, 1.54) is 17.7 Å². The van der Waals surface area contributed by atoms with Crippen molar-refractivity contribution in [2.45, 2.75) is 23.0 Å². The Labute approximate surface area is 166 Å². The molecular weight excluding hydrogens is 376 g/mol. The quantitative estimate of drug-likeness (QED) is 0.778. The van der Waals surface area contributed by atoms with Crippen molar-refractivity contribution in [1.29, 1.82) is 0 Å². The predicted molar refractivity (Wildman–Crippen MR) is 114 cm³/mol. The number of likely N-dealkylation sites (tertiary alicyclic amines) is 1. The average Bonchev–Trinajstić information content (AvgIpc) is 2.64. The number of sulfonamides is 1. The molecule has 0 aromatic heterocycles. The Morgan fingerprint density at radius 3 is 2.37 bits per heavy atom. The van der Waals surface area contributed by atoms with E-state index in [4.69, 9.17) is 0 Å². The van der Waals surface area contributed by atoms with Gasteiger partial charge in [0.2, 0.25) is 10.0 Å². The van der Waals surface area contributed by atoms with E-state index >= 15 is 0 Å². The second-order valence-electron chi connectivity index (χ2n) is 6.66. The van der Waals surface area contributed by atoms with Crippen LogP contribution in [-0.4, -0.2) is 44.5 Å². The summed E-state index contributed by atoms with van der Waals surface area (Å²) >= 11 is 1.98. The molecule has 0 amide bonds. The highest BCUT2D eigenvalue weighted by molar-refractivity contribution is 8.00. The van der Waals surface area contributed by atoms with Gasteiger partial charge in [-0.3, -0.25) is 9.62 Å².